The molecule has 1 aromatic rings. The Kier molecular flexibility index (Phi) is 3.92. The molecule has 1 aromatic carbocycles. The minimum atomic E-state index is -4.66. The predicted octanol–water partition coefficient (Wildman–Crippen LogP) is 2.74. The summed E-state index contributed by atoms with van der Waals surface area (Å²) in [6, 6.07) is 3.09. The van der Waals surface area contributed by atoms with Gasteiger partial charge in [-0.25, -0.2) is 0 Å². The van der Waals surface area contributed by atoms with E-state index in [1.54, 1.807) is 5.32 Å². The molecule has 0 fully saturated rings. The van der Waals surface area contributed by atoms with E-state index < -0.39 is 29.1 Å². The first-order valence-electron chi connectivity index (χ1n) is 4.40. The molecule has 0 unspecified atom stereocenters. The van der Waals surface area contributed by atoms with Crippen molar-refractivity contribution in [1.29, 1.82) is 0 Å². The fourth-order valence-electron chi connectivity index (χ4n) is 1.18. The number of hydrogen-bond acceptors (Lipinski definition) is 2. The summed E-state index contributed by atoms with van der Waals surface area (Å²) in [5.41, 5.74) is -1.68. The lowest BCUT2D eigenvalue weighted by Gasteiger charge is -2.12. The van der Waals surface area contributed by atoms with Crippen molar-refractivity contribution < 1.29 is 22.8 Å². The highest BCUT2D eigenvalue weighted by Crippen LogP contribution is 2.33. The van der Waals surface area contributed by atoms with Crippen LogP contribution in [0, 0.1) is 0 Å². The zero-order chi connectivity index (χ0) is 13.2. The molecule has 3 nitrogen and oxygen atoms in total. The van der Waals surface area contributed by atoms with Crippen LogP contribution in [-0.2, 0) is 11.0 Å². The van der Waals surface area contributed by atoms with E-state index in [1.165, 1.54) is 6.07 Å². The van der Waals surface area contributed by atoms with Gasteiger partial charge in [0, 0.05) is 11.4 Å². The number of rotatable bonds is 1. The van der Waals surface area contributed by atoms with Gasteiger partial charge in [-0.05, 0) is 18.2 Å². The molecular weight excluding hydrogens is 303 g/mol. The summed E-state index contributed by atoms with van der Waals surface area (Å²) in [4.78, 5) is 22.0. The molecule has 2 amide bonds. The molecule has 0 aliphatic heterocycles. The van der Waals surface area contributed by atoms with E-state index in [2.05, 4.69) is 15.9 Å². The third kappa shape index (κ3) is 3.55. The predicted molar refractivity (Wildman–Crippen MR) is 57.3 cm³/mol. The Labute approximate surface area is 103 Å². The van der Waals surface area contributed by atoms with E-state index in [4.69, 9.17) is 0 Å². The van der Waals surface area contributed by atoms with E-state index in [9.17, 15) is 22.8 Å². The SMILES string of the molecule is CC(=O)NC(=O)c1ccc(Br)cc1C(F)(F)F. The van der Waals surface area contributed by atoms with Gasteiger partial charge in [-0.15, -0.1) is 0 Å². The molecule has 0 bridgehead atoms. The number of carbonyl (C=O) groups is 2. The highest BCUT2D eigenvalue weighted by molar-refractivity contribution is 9.10. The number of alkyl halides is 3. The van der Waals surface area contributed by atoms with Gasteiger partial charge in [-0.3, -0.25) is 14.9 Å². The number of amides is 2. The van der Waals surface area contributed by atoms with Crippen molar-refractivity contribution in [3.63, 3.8) is 0 Å². The largest absolute Gasteiger partial charge is 0.417 e. The highest BCUT2D eigenvalue weighted by Gasteiger charge is 2.35. The van der Waals surface area contributed by atoms with E-state index >= 15 is 0 Å². The number of imide groups is 1. The van der Waals surface area contributed by atoms with Crippen molar-refractivity contribution in [2.45, 2.75) is 13.1 Å². The smallest absolute Gasteiger partial charge is 0.293 e. The van der Waals surface area contributed by atoms with Crippen molar-refractivity contribution >= 4 is 27.7 Å². The Morgan fingerprint density at radius 1 is 1.29 bits per heavy atom. The van der Waals surface area contributed by atoms with Gasteiger partial charge < -0.3 is 0 Å². The maximum Gasteiger partial charge on any atom is 0.417 e. The van der Waals surface area contributed by atoms with E-state index in [0.717, 1.165) is 19.1 Å². The van der Waals surface area contributed by atoms with Gasteiger partial charge >= 0.3 is 6.18 Å². The maximum absolute atomic E-state index is 12.6. The van der Waals surface area contributed by atoms with Gasteiger partial charge in [0.1, 0.15) is 0 Å². The molecule has 92 valence electrons. The van der Waals surface area contributed by atoms with Crippen LogP contribution in [0.2, 0.25) is 0 Å². The zero-order valence-corrected chi connectivity index (χ0v) is 10.1. The van der Waals surface area contributed by atoms with Gasteiger partial charge in [0.15, 0.2) is 0 Å². The molecule has 0 saturated heterocycles. The fourth-order valence-corrected chi connectivity index (χ4v) is 1.54. The summed E-state index contributed by atoms with van der Waals surface area (Å²) in [7, 11) is 0. The Balaban J connectivity index is 3.24. The second-order valence-corrected chi connectivity index (χ2v) is 4.11. The van der Waals surface area contributed by atoms with Crippen molar-refractivity contribution in [2.75, 3.05) is 0 Å². The molecule has 17 heavy (non-hydrogen) atoms. The molecule has 0 heterocycles. The molecule has 0 spiro atoms. The molecule has 0 aromatic heterocycles. The van der Waals surface area contributed by atoms with Crippen molar-refractivity contribution in [1.82, 2.24) is 5.32 Å². The van der Waals surface area contributed by atoms with Crippen molar-refractivity contribution in [2.24, 2.45) is 0 Å². The summed E-state index contributed by atoms with van der Waals surface area (Å²) < 4.78 is 38.1. The highest BCUT2D eigenvalue weighted by atomic mass is 79.9. The third-order valence-electron chi connectivity index (χ3n) is 1.82. The van der Waals surface area contributed by atoms with Gasteiger partial charge in [0.2, 0.25) is 5.91 Å². The van der Waals surface area contributed by atoms with Gasteiger partial charge in [-0.2, -0.15) is 13.2 Å². The van der Waals surface area contributed by atoms with Crippen molar-refractivity contribution in [3.05, 3.63) is 33.8 Å². The van der Waals surface area contributed by atoms with Crippen LogP contribution in [-0.4, -0.2) is 11.8 Å². The number of halogens is 4. The minimum absolute atomic E-state index is 0.198. The number of nitrogens with one attached hydrogen (secondary N) is 1. The zero-order valence-electron chi connectivity index (χ0n) is 8.56. The topological polar surface area (TPSA) is 46.2 Å². The van der Waals surface area contributed by atoms with Gasteiger partial charge in [0.25, 0.3) is 5.91 Å². The van der Waals surface area contributed by atoms with Crippen LogP contribution in [0.15, 0.2) is 22.7 Å². The fraction of sp³-hybridized carbons (Fsp3) is 0.200. The number of benzene rings is 1. The summed E-state index contributed by atoms with van der Waals surface area (Å²) in [5, 5.41) is 1.80. The van der Waals surface area contributed by atoms with Crippen LogP contribution < -0.4 is 5.32 Å². The standard InChI is InChI=1S/C10H7BrF3NO2/c1-5(16)15-9(17)7-3-2-6(11)4-8(7)10(12,13)14/h2-4H,1H3,(H,15,16,17). The third-order valence-corrected chi connectivity index (χ3v) is 2.31. The number of hydrogen-bond donors (Lipinski definition) is 1. The van der Waals surface area contributed by atoms with Crippen LogP contribution in [0.5, 0.6) is 0 Å². The monoisotopic (exact) mass is 309 g/mol. The van der Waals surface area contributed by atoms with Crippen LogP contribution >= 0.6 is 15.9 Å². The van der Waals surface area contributed by atoms with E-state index in [0.29, 0.717) is 0 Å². The second-order valence-electron chi connectivity index (χ2n) is 3.20. The number of carbonyl (C=O) groups excluding carboxylic acids is 2. The summed E-state index contributed by atoms with van der Waals surface area (Å²) in [5.74, 6) is -1.79. The van der Waals surface area contributed by atoms with Crippen LogP contribution in [0.3, 0.4) is 0 Å². The average Bonchev–Trinajstić information content (AvgIpc) is 2.14. The van der Waals surface area contributed by atoms with Gasteiger partial charge in [0.05, 0.1) is 11.1 Å². The lowest BCUT2D eigenvalue weighted by atomic mass is 10.1. The summed E-state index contributed by atoms with van der Waals surface area (Å²) >= 11 is 2.89. The second kappa shape index (κ2) is 4.87. The first-order valence-corrected chi connectivity index (χ1v) is 5.20. The molecule has 0 saturated carbocycles. The Bertz CT molecular complexity index is 471. The normalized spacial score (nSPS) is 11.1. The van der Waals surface area contributed by atoms with Crippen molar-refractivity contribution in [3.8, 4) is 0 Å². The average molecular weight is 310 g/mol. The molecule has 1 N–H and O–H groups in total. The van der Waals surface area contributed by atoms with E-state index in [-0.39, 0.29) is 4.47 Å². The molecule has 0 radical (unpaired) electrons. The van der Waals surface area contributed by atoms with Crippen LogP contribution in [0.1, 0.15) is 22.8 Å². The maximum atomic E-state index is 12.6. The molecule has 0 atom stereocenters. The molecular formula is C10H7BrF3NO2. The Morgan fingerprint density at radius 3 is 2.35 bits per heavy atom. The molecule has 0 aliphatic rings. The Hall–Kier alpha value is -1.37. The quantitative estimate of drug-likeness (QED) is 0.867. The van der Waals surface area contributed by atoms with Crippen LogP contribution in [0.4, 0.5) is 13.2 Å². The van der Waals surface area contributed by atoms with E-state index in [1.807, 2.05) is 0 Å². The molecule has 1 rings (SSSR count). The first kappa shape index (κ1) is 13.7. The summed E-state index contributed by atoms with van der Waals surface area (Å²) in [6.45, 7) is 1.05. The lowest BCUT2D eigenvalue weighted by molar-refractivity contribution is -0.138. The molecule has 0 aliphatic carbocycles. The minimum Gasteiger partial charge on any atom is -0.293 e. The summed E-state index contributed by atoms with van der Waals surface area (Å²) in [6.07, 6.45) is -4.66. The van der Waals surface area contributed by atoms with Gasteiger partial charge in [-0.1, -0.05) is 15.9 Å². The first-order chi connectivity index (χ1) is 7.71. The molecule has 7 heteroatoms. The van der Waals surface area contributed by atoms with Crippen LogP contribution in [0.25, 0.3) is 0 Å². The Morgan fingerprint density at radius 2 is 1.88 bits per heavy atom. The lowest BCUT2D eigenvalue weighted by Crippen LogP contribution is -2.30.